The third kappa shape index (κ3) is 65.0. The van der Waals surface area contributed by atoms with Crippen LogP contribution in [0.5, 0.6) is 34.5 Å². The van der Waals surface area contributed by atoms with E-state index in [4.69, 9.17) is 91.4 Å². The molecule has 534 valence electrons. The summed E-state index contributed by atoms with van der Waals surface area (Å²) in [6, 6.07) is 45.3. The van der Waals surface area contributed by atoms with Gasteiger partial charge in [-0.3, -0.25) is 0 Å². The maximum Gasteiger partial charge on any atom is 1.00 e. The predicted octanol–water partition coefficient (Wildman–Crippen LogP) is 11.0. The maximum atomic E-state index is 10.4. The van der Waals surface area contributed by atoms with Gasteiger partial charge in [0.2, 0.25) is 0 Å². The Kier molecular flexibility index (Phi) is 78.4. The van der Waals surface area contributed by atoms with Crippen LogP contribution in [0.1, 0.15) is 89.2 Å². The minimum Gasteiger partial charge on any atom is -1.00 e. The van der Waals surface area contributed by atoms with E-state index in [0.717, 1.165) is 111 Å². The molecule has 0 radical (unpaired) electrons. The number of carbonyl (C=O) groups excluding carboxylic acids is 1. The molecule has 22 heteroatoms. The summed E-state index contributed by atoms with van der Waals surface area (Å²) in [5.41, 5.74) is 10.3. The quantitative estimate of drug-likeness (QED) is 0.0140. The Labute approximate surface area is 653 Å². The standard InChI is InChI=1S/C12H18O3.C12H16O3.C12H16O2.C11H13BrO.C11H14O2.C7H8O2.C4H7Br.C4H8O.CH2Cl2.CH4O.2Na.H2O.H/c2*1-10(7-13)8-15-12-5-3-4-11(6-12)9-14-2;1-10(2)8-14-12-6-4-5-11(7-12)9-13-3;2*1-9(2)8-13-11-5-3-4-10(6-11)7-12;8-5-6-2-1-3-7(9)4-6;1-4(2)3-5;1-2-4-5-3-1;2-1-3;1-2;;;;/h3-6,10,13H,7-9H2,1-2H3;3-7,10H,8-9H2,1-2H3;4-7H,1,8-9H2,2-3H3;3-6H,1,7-8H2,2H3;3-6,12H,1,7-8H2,2H3;1-4,8-9H,5H2;1,3H2,2H3;1-4H2;1H2;2H,1H3;;;1H2;/q;;;;;;;;;;2*+1;;-1/p-1. The summed E-state index contributed by atoms with van der Waals surface area (Å²) in [5.74, 6) is 4.42. The topological polar surface area (TPSA) is 231 Å². The van der Waals surface area contributed by atoms with E-state index >= 15 is 0 Å². The zero-order valence-corrected chi connectivity index (χ0v) is 68.1. The fourth-order valence-corrected chi connectivity index (χ4v) is 6.82. The van der Waals surface area contributed by atoms with Gasteiger partial charge in [0.25, 0.3) is 0 Å². The Balaban J connectivity index is -0.000000194. The van der Waals surface area contributed by atoms with Crippen molar-refractivity contribution in [3.63, 3.8) is 0 Å². The van der Waals surface area contributed by atoms with Gasteiger partial charge < -0.3 is 79.9 Å². The molecular formula is C75H108Br2Cl2Na2O16. The molecule has 0 aromatic heterocycles. The van der Waals surface area contributed by atoms with Gasteiger partial charge in [-0.1, -0.05) is 150 Å². The number of aromatic hydroxyl groups is 1. The molecule has 2 unspecified atom stereocenters. The molecule has 0 amide bonds. The fourth-order valence-electron chi connectivity index (χ4n) is 6.47. The molecule has 0 aliphatic carbocycles. The zero-order valence-electron chi connectivity index (χ0n) is 60.4. The molecule has 16 nitrogen and oxygen atoms in total. The Morgan fingerprint density at radius 1 is 0.526 bits per heavy atom. The number of halogens is 4. The number of benzene rings is 6. The summed E-state index contributed by atoms with van der Waals surface area (Å²) in [6.07, 6.45) is 3.44. The number of hydrogen-bond donors (Lipinski definition) is 5. The van der Waals surface area contributed by atoms with Crippen LogP contribution >= 0.6 is 55.1 Å². The number of ether oxygens (including phenoxy) is 9. The minimum absolute atomic E-state index is 0. The molecule has 1 aliphatic heterocycles. The van der Waals surface area contributed by atoms with Crippen molar-refractivity contribution < 1.29 is 139 Å². The molecule has 0 saturated carbocycles. The number of phenolic OH excluding ortho intramolecular Hbond substituents is 1. The van der Waals surface area contributed by atoms with Gasteiger partial charge in [-0.15, -0.1) is 23.2 Å². The first-order chi connectivity index (χ1) is 45.2. The van der Waals surface area contributed by atoms with Crippen molar-refractivity contribution in [3.8, 4) is 34.5 Å². The summed E-state index contributed by atoms with van der Waals surface area (Å²) < 4.78 is 47.4. The van der Waals surface area contributed by atoms with Crippen LogP contribution in [0.25, 0.3) is 0 Å². The molecule has 0 bridgehead atoms. The second-order valence-corrected chi connectivity index (χ2v) is 22.9. The Bertz CT molecular complexity index is 2810. The molecule has 7 rings (SSSR count). The monoisotopic (exact) mass is 1540 g/mol. The molecule has 6 aromatic rings. The molecule has 6 aromatic carbocycles. The van der Waals surface area contributed by atoms with Gasteiger partial charge in [0.15, 0.2) is 0 Å². The number of methoxy groups -OCH3 is 3. The molecular weight excluding hydrogens is 1430 g/mol. The van der Waals surface area contributed by atoms with Crippen LogP contribution in [0.3, 0.4) is 0 Å². The van der Waals surface area contributed by atoms with E-state index < -0.39 is 0 Å². The third-order valence-electron chi connectivity index (χ3n) is 11.0. The van der Waals surface area contributed by atoms with Crippen molar-refractivity contribution in [1.29, 1.82) is 0 Å². The third-order valence-corrected chi connectivity index (χ3v) is 12.6. The van der Waals surface area contributed by atoms with Crippen molar-refractivity contribution in [2.45, 2.75) is 92.7 Å². The van der Waals surface area contributed by atoms with E-state index in [9.17, 15) is 4.79 Å². The van der Waals surface area contributed by atoms with E-state index in [0.29, 0.717) is 52.9 Å². The second-order valence-electron chi connectivity index (χ2n) is 20.9. The van der Waals surface area contributed by atoms with Crippen LogP contribution in [-0.2, 0) is 62.1 Å². The number of allylic oxidation sites excluding steroid dienone is 1. The molecule has 2 atom stereocenters. The Morgan fingerprint density at radius 3 is 1.09 bits per heavy atom. The normalized spacial score (nSPS) is 10.6. The Hall–Kier alpha value is -4.07. The first-order valence-corrected chi connectivity index (χ1v) is 33.5. The maximum absolute atomic E-state index is 10.4. The molecule has 1 heterocycles. The van der Waals surface area contributed by atoms with Gasteiger partial charge in [-0.2, -0.15) is 0 Å². The zero-order chi connectivity index (χ0) is 71.2. The molecule has 1 saturated heterocycles. The second kappa shape index (κ2) is 73.2. The molecule has 1 fully saturated rings. The average molecular weight is 1540 g/mol. The van der Waals surface area contributed by atoms with Crippen molar-refractivity contribution in [2.24, 2.45) is 11.8 Å². The van der Waals surface area contributed by atoms with E-state index in [1.165, 1.54) is 30.0 Å². The number of phenols is 1. The molecule has 6 N–H and O–H groups in total. The summed E-state index contributed by atoms with van der Waals surface area (Å²) in [6.45, 7) is 33.1. The van der Waals surface area contributed by atoms with Crippen LogP contribution in [0.2, 0.25) is 0 Å². The largest absolute Gasteiger partial charge is 1.00 e. The van der Waals surface area contributed by atoms with Crippen molar-refractivity contribution >= 4 is 61.3 Å². The molecule has 0 spiro atoms. The molecule has 97 heavy (non-hydrogen) atoms. The fraction of sp³-hybridized carbons (Fsp3) is 0.400. The van der Waals surface area contributed by atoms with Gasteiger partial charge in [0.05, 0.1) is 51.6 Å². The summed E-state index contributed by atoms with van der Waals surface area (Å²) in [7, 11) is 6.00. The van der Waals surface area contributed by atoms with Gasteiger partial charge in [0, 0.05) is 70.8 Å². The van der Waals surface area contributed by atoms with E-state index in [1.807, 2.05) is 157 Å². The first kappa shape index (κ1) is 104. The van der Waals surface area contributed by atoms with Gasteiger partial charge >= 0.3 is 59.1 Å². The van der Waals surface area contributed by atoms with E-state index in [-0.39, 0.29) is 109 Å². The number of aldehydes is 1. The predicted molar refractivity (Wildman–Crippen MR) is 397 cm³/mol. The summed E-state index contributed by atoms with van der Waals surface area (Å²) in [4.78, 5) is 10.4. The number of aliphatic hydroxyl groups is 4. The van der Waals surface area contributed by atoms with Gasteiger partial charge in [-0.05, 0) is 163 Å². The van der Waals surface area contributed by atoms with Crippen LogP contribution in [0.15, 0.2) is 194 Å². The van der Waals surface area contributed by atoms with Gasteiger partial charge in [0.1, 0.15) is 60.6 Å². The van der Waals surface area contributed by atoms with Crippen LogP contribution in [0.4, 0.5) is 0 Å². The minimum atomic E-state index is -0.0731. The first-order valence-electron chi connectivity index (χ1n) is 30.1. The van der Waals surface area contributed by atoms with Crippen molar-refractivity contribution in [1.82, 2.24) is 0 Å². The Morgan fingerprint density at radius 2 is 0.825 bits per heavy atom. The number of rotatable bonds is 27. The SMILES string of the molecule is C1CCOC1.C=C(C)CBr.C=C(C)COc1cccc(CBr)c1.C=C(C)COc1cccc(CO)c1.C=C(C)COc1cccc(COC)c1.CO.COCc1cccc(OCC(C)C=O)c1.COCc1cccc(OCC(C)CO)c1.ClCCl.OCc1cccc(O)c1.[H-].[Na+].[Na+].[OH-]. The average Bonchev–Trinajstić information content (AvgIpc) is 1.58. The van der Waals surface area contributed by atoms with E-state index in [2.05, 4.69) is 64.2 Å². The molecule has 1 aliphatic rings. The number of carbonyl (C=O) groups is 1. The summed E-state index contributed by atoms with van der Waals surface area (Å²) in [5, 5.41) is 44.1. The van der Waals surface area contributed by atoms with E-state index in [1.54, 1.807) is 39.5 Å². The van der Waals surface area contributed by atoms with Gasteiger partial charge in [-0.25, -0.2) is 0 Å². The van der Waals surface area contributed by atoms with Crippen molar-refractivity contribution in [2.75, 3.05) is 92.0 Å². The number of aliphatic hydroxyl groups excluding tert-OH is 4. The van der Waals surface area contributed by atoms with Crippen LogP contribution < -0.4 is 82.8 Å². The van der Waals surface area contributed by atoms with Crippen molar-refractivity contribution in [3.05, 3.63) is 228 Å². The smallest absolute Gasteiger partial charge is 1.00 e. The summed E-state index contributed by atoms with van der Waals surface area (Å²) >= 11 is 16.1. The van der Waals surface area contributed by atoms with Crippen LogP contribution in [-0.4, -0.2) is 129 Å². The van der Waals surface area contributed by atoms with Crippen LogP contribution in [0, 0.1) is 11.8 Å². The number of hydrogen-bond acceptors (Lipinski definition) is 16. The number of alkyl halides is 4.